The van der Waals surface area contributed by atoms with Gasteiger partial charge >= 0.3 is 0 Å². The SMILES string of the molecule is COc1ccc(C)cc1N(CCC(=O)NC(C)(C)C)C(C)=O. The number of carbonyl (C=O) groups is 2. The maximum Gasteiger partial charge on any atom is 0.223 e. The standard InChI is InChI=1S/C17H26N2O3/c1-12-7-8-15(22-6)14(11-12)19(13(2)20)10-9-16(21)18-17(3,4)5/h7-8,11H,9-10H2,1-6H3,(H,18,21). The summed E-state index contributed by atoms with van der Waals surface area (Å²) in [6.45, 7) is 9.54. The highest BCUT2D eigenvalue weighted by atomic mass is 16.5. The maximum absolute atomic E-state index is 12.0. The Morgan fingerprint density at radius 1 is 1.27 bits per heavy atom. The molecule has 0 aliphatic heterocycles. The van der Waals surface area contributed by atoms with Crippen LogP contribution < -0.4 is 15.0 Å². The van der Waals surface area contributed by atoms with Crippen molar-refractivity contribution in [1.29, 1.82) is 0 Å². The zero-order chi connectivity index (χ0) is 16.9. The fraction of sp³-hybridized carbons (Fsp3) is 0.529. The second-order valence-corrected chi connectivity index (χ2v) is 6.39. The molecule has 122 valence electrons. The number of nitrogens with zero attached hydrogens (tertiary/aromatic N) is 1. The third kappa shape index (κ3) is 5.39. The minimum absolute atomic E-state index is 0.0784. The summed E-state index contributed by atoms with van der Waals surface area (Å²) < 4.78 is 5.32. The Bertz CT molecular complexity index is 547. The minimum Gasteiger partial charge on any atom is -0.495 e. The van der Waals surface area contributed by atoms with E-state index in [1.54, 1.807) is 12.0 Å². The molecule has 0 saturated heterocycles. The summed E-state index contributed by atoms with van der Waals surface area (Å²) in [7, 11) is 1.57. The molecule has 0 radical (unpaired) electrons. The average Bonchev–Trinajstić information content (AvgIpc) is 2.36. The molecular weight excluding hydrogens is 280 g/mol. The molecule has 5 nitrogen and oxygen atoms in total. The molecule has 2 amide bonds. The van der Waals surface area contributed by atoms with Crippen molar-refractivity contribution in [3.63, 3.8) is 0 Å². The highest BCUT2D eigenvalue weighted by Gasteiger charge is 2.19. The van der Waals surface area contributed by atoms with Gasteiger partial charge in [0, 0.05) is 25.4 Å². The normalized spacial score (nSPS) is 11.0. The van der Waals surface area contributed by atoms with E-state index >= 15 is 0 Å². The fourth-order valence-corrected chi connectivity index (χ4v) is 2.15. The van der Waals surface area contributed by atoms with E-state index in [1.165, 1.54) is 6.92 Å². The molecule has 1 aromatic carbocycles. The Balaban J connectivity index is 2.90. The van der Waals surface area contributed by atoms with Crippen molar-refractivity contribution >= 4 is 17.5 Å². The first-order chi connectivity index (χ1) is 10.1. The highest BCUT2D eigenvalue weighted by molar-refractivity contribution is 5.94. The van der Waals surface area contributed by atoms with E-state index in [0.717, 1.165) is 5.56 Å². The molecule has 1 aromatic rings. The summed E-state index contributed by atoms with van der Waals surface area (Å²) in [5.41, 5.74) is 1.44. The Morgan fingerprint density at radius 3 is 2.41 bits per heavy atom. The number of hydrogen-bond acceptors (Lipinski definition) is 3. The number of rotatable bonds is 5. The van der Waals surface area contributed by atoms with Crippen LogP contribution in [0.4, 0.5) is 5.69 Å². The van der Waals surface area contributed by atoms with Crippen molar-refractivity contribution in [1.82, 2.24) is 5.32 Å². The van der Waals surface area contributed by atoms with Gasteiger partial charge in [-0.2, -0.15) is 0 Å². The second kappa shape index (κ2) is 7.29. The Hall–Kier alpha value is -2.04. The van der Waals surface area contributed by atoms with Crippen LogP contribution in [0.15, 0.2) is 18.2 Å². The molecule has 0 saturated carbocycles. The summed E-state index contributed by atoms with van der Waals surface area (Å²) in [6, 6.07) is 5.64. The molecule has 0 bridgehead atoms. The Kier molecular flexibility index (Phi) is 5.97. The molecule has 1 rings (SSSR count). The molecule has 0 atom stereocenters. The molecule has 0 aliphatic rings. The van der Waals surface area contributed by atoms with Crippen molar-refractivity contribution in [2.45, 2.75) is 46.6 Å². The molecular formula is C17H26N2O3. The monoisotopic (exact) mass is 306 g/mol. The number of nitrogens with one attached hydrogen (secondary N) is 1. The molecule has 0 aromatic heterocycles. The van der Waals surface area contributed by atoms with Gasteiger partial charge in [-0.1, -0.05) is 6.07 Å². The number of hydrogen-bond donors (Lipinski definition) is 1. The smallest absolute Gasteiger partial charge is 0.223 e. The average molecular weight is 306 g/mol. The number of methoxy groups -OCH3 is 1. The van der Waals surface area contributed by atoms with Gasteiger partial charge in [0.2, 0.25) is 11.8 Å². The lowest BCUT2D eigenvalue weighted by Crippen LogP contribution is -2.42. The lowest BCUT2D eigenvalue weighted by molar-refractivity contribution is -0.122. The summed E-state index contributed by atoms with van der Waals surface area (Å²) in [5, 5.41) is 2.90. The van der Waals surface area contributed by atoms with Crippen molar-refractivity contribution in [3.05, 3.63) is 23.8 Å². The highest BCUT2D eigenvalue weighted by Crippen LogP contribution is 2.29. The predicted molar refractivity (Wildman–Crippen MR) is 88.3 cm³/mol. The fourth-order valence-electron chi connectivity index (χ4n) is 2.15. The summed E-state index contributed by atoms with van der Waals surface area (Å²) in [4.78, 5) is 25.5. The summed E-state index contributed by atoms with van der Waals surface area (Å²) in [6.07, 6.45) is 0.244. The molecule has 0 heterocycles. The van der Waals surface area contributed by atoms with Crippen molar-refractivity contribution in [2.75, 3.05) is 18.6 Å². The Labute approximate surface area is 132 Å². The zero-order valence-corrected chi connectivity index (χ0v) is 14.3. The van der Waals surface area contributed by atoms with Gasteiger partial charge in [0.15, 0.2) is 0 Å². The number of benzene rings is 1. The van der Waals surface area contributed by atoms with E-state index in [-0.39, 0.29) is 23.8 Å². The van der Waals surface area contributed by atoms with Crippen LogP contribution in [-0.4, -0.2) is 31.0 Å². The van der Waals surface area contributed by atoms with Crippen LogP contribution in [0.25, 0.3) is 0 Å². The molecule has 1 N–H and O–H groups in total. The molecule has 0 aliphatic carbocycles. The Morgan fingerprint density at radius 2 is 1.91 bits per heavy atom. The van der Waals surface area contributed by atoms with Crippen LogP contribution in [0.1, 0.15) is 39.7 Å². The van der Waals surface area contributed by atoms with Gasteiger partial charge in [-0.05, 0) is 45.4 Å². The molecule has 22 heavy (non-hydrogen) atoms. The largest absolute Gasteiger partial charge is 0.495 e. The number of carbonyl (C=O) groups excluding carboxylic acids is 2. The first-order valence-corrected chi connectivity index (χ1v) is 7.38. The van der Waals surface area contributed by atoms with Gasteiger partial charge in [0.05, 0.1) is 12.8 Å². The summed E-state index contributed by atoms with van der Waals surface area (Å²) in [5.74, 6) is 0.426. The zero-order valence-electron chi connectivity index (χ0n) is 14.3. The predicted octanol–water partition coefficient (Wildman–Crippen LogP) is 2.66. The van der Waals surface area contributed by atoms with Crippen molar-refractivity contribution in [2.24, 2.45) is 0 Å². The minimum atomic E-state index is -0.279. The van der Waals surface area contributed by atoms with Gasteiger partial charge in [0.1, 0.15) is 5.75 Å². The number of ether oxygens (including phenoxy) is 1. The van der Waals surface area contributed by atoms with E-state index in [9.17, 15) is 9.59 Å². The molecule has 0 unspecified atom stereocenters. The molecule has 0 spiro atoms. The van der Waals surface area contributed by atoms with E-state index in [1.807, 2.05) is 45.9 Å². The van der Waals surface area contributed by atoms with Crippen LogP contribution in [0.2, 0.25) is 0 Å². The second-order valence-electron chi connectivity index (χ2n) is 6.39. The van der Waals surface area contributed by atoms with Gasteiger partial charge in [-0.25, -0.2) is 0 Å². The van der Waals surface area contributed by atoms with Gasteiger partial charge < -0.3 is 15.0 Å². The summed E-state index contributed by atoms with van der Waals surface area (Å²) >= 11 is 0. The lowest BCUT2D eigenvalue weighted by Gasteiger charge is -2.25. The van der Waals surface area contributed by atoms with Gasteiger partial charge in [-0.3, -0.25) is 9.59 Å². The quantitative estimate of drug-likeness (QED) is 0.910. The van der Waals surface area contributed by atoms with E-state index in [0.29, 0.717) is 18.0 Å². The topological polar surface area (TPSA) is 58.6 Å². The maximum atomic E-state index is 12.0. The van der Waals surface area contributed by atoms with E-state index in [2.05, 4.69) is 5.32 Å². The van der Waals surface area contributed by atoms with Crippen LogP contribution in [0.5, 0.6) is 5.75 Å². The van der Waals surface area contributed by atoms with E-state index < -0.39 is 0 Å². The van der Waals surface area contributed by atoms with Gasteiger partial charge in [-0.15, -0.1) is 0 Å². The van der Waals surface area contributed by atoms with Crippen LogP contribution in [0.3, 0.4) is 0 Å². The van der Waals surface area contributed by atoms with E-state index in [4.69, 9.17) is 4.74 Å². The number of aryl methyl sites for hydroxylation is 1. The first kappa shape index (κ1) is 18.0. The molecule has 5 heteroatoms. The van der Waals surface area contributed by atoms with Crippen LogP contribution in [0, 0.1) is 6.92 Å². The van der Waals surface area contributed by atoms with Crippen molar-refractivity contribution < 1.29 is 14.3 Å². The lowest BCUT2D eigenvalue weighted by atomic mass is 10.1. The third-order valence-corrected chi connectivity index (χ3v) is 3.08. The van der Waals surface area contributed by atoms with Crippen molar-refractivity contribution in [3.8, 4) is 5.75 Å². The number of amides is 2. The molecule has 0 fully saturated rings. The number of anilines is 1. The first-order valence-electron chi connectivity index (χ1n) is 7.38. The third-order valence-electron chi connectivity index (χ3n) is 3.08. The van der Waals surface area contributed by atoms with Gasteiger partial charge in [0.25, 0.3) is 0 Å². The van der Waals surface area contributed by atoms with Crippen LogP contribution >= 0.6 is 0 Å². The van der Waals surface area contributed by atoms with Crippen LogP contribution in [-0.2, 0) is 9.59 Å².